The number of methoxy groups -OCH3 is 1. The molecule has 0 saturated heterocycles. The standard InChI is InChI=1S/C18H28O6/c1-5-22-8-9-23-10-11-24-13-18(3,20)17(19)15-6-7-16(21-4)14(2)12-15/h6-7,12,20H,5,8-11,13H2,1-4H3. The van der Waals surface area contributed by atoms with Gasteiger partial charge in [-0.25, -0.2) is 0 Å². The van der Waals surface area contributed by atoms with Crippen molar-refractivity contribution in [3.63, 3.8) is 0 Å². The lowest BCUT2D eigenvalue weighted by atomic mass is 9.94. The van der Waals surface area contributed by atoms with Crippen LogP contribution in [-0.2, 0) is 14.2 Å². The van der Waals surface area contributed by atoms with Crippen LogP contribution in [0.1, 0.15) is 29.8 Å². The summed E-state index contributed by atoms with van der Waals surface area (Å²) in [7, 11) is 1.57. The summed E-state index contributed by atoms with van der Waals surface area (Å²) >= 11 is 0. The third-order valence-corrected chi connectivity index (χ3v) is 3.48. The molecule has 0 spiro atoms. The fourth-order valence-electron chi connectivity index (χ4n) is 2.15. The SMILES string of the molecule is CCOCCOCCOCC(C)(O)C(=O)c1ccc(OC)c(C)c1. The summed E-state index contributed by atoms with van der Waals surface area (Å²) < 4.78 is 21.0. The molecule has 1 aromatic carbocycles. The number of benzene rings is 1. The highest BCUT2D eigenvalue weighted by atomic mass is 16.5. The normalized spacial score (nSPS) is 13.5. The number of aliphatic hydroxyl groups is 1. The molecule has 6 nitrogen and oxygen atoms in total. The van der Waals surface area contributed by atoms with E-state index in [1.165, 1.54) is 6.92 Å². The van der Waals surface area contributed by atoms with Gasteiger partial charge < -0.3 is 24.1 Å². The van der Waals surface area contributed by atoms with Crippen molar-refractivity contribution in [2.24, 2.45) is 0 Å². The Labute approximate surface area is 143 Å². The minimum Gasteiger partial charge on any atom is -0.496 e. The Bertz CT molecular complexity index is 512. The molecule has 0 aliphatic rings. The first-order valence-corrected chi connectivity index (χ1v) is 8.07. The molecule has 136 valence electrons. The minimum absolute atomic E-state index is 0.0915. The Morgan fingerprint density at radius 1 is 1.12 bits per heavy atom. The average Bonchev–Trinajstić information content (AvgIpc) is 2.56. The summed E-state index contributed by atoms with van der Waals surface area (Å²) in [6.45, 7) is 7.52. The van der Waals surface area contributed by atoms with E-state index in [0.717, 1.165) is 5.56 Å². The molecule has 1 rings (SSSR count). The molecule has 0 heterocycles. The summed E-state index contributed by atoms with van der Waals surface area (Å²) in [5.41, 5.74) is -0.329. The van der Waals surface area contributed by atoms with Gasteiger partial charge in [-0.15, -0.1) is 0 Å². The highest BCUT2D eigenvalue weighted by Crippen LogP contribution is 2.21. The molecular formula is C18H28O6. The van der Waals surface area contributed by atoms with Crippen molar-refractivity contribution in [1.82, 2.24) is 0 Å². The van der Waals surface area contributed by atoms with Gasteiger partial charge in [0, 0.05) is 12.2 Å². The summed E-state index contributed by atoms with van der Waals surface area (Å²) in [5, 5.41) is 10.4. The van der Waals surface area contributed by atoms with Crippen LogP contribution in [0.15, 0.2) is 18.2 Å². The highest BCUT2D eigenvalue weighted by Gasteiger charge is 2.31. The van der Waals surface area contributed by atoms with E-state index in [1.807, 2.05) is 13.8 Å². The quantitative estimate of drug-likeness (QED) is 0.463. The lowest BCUT2D eigenvalue weighted by molar-refractivity contribution is -0.0371. The number of hydrogen-bond acceptors (Lipinski definition) is 6. The van der Waals surface area contributed by atoms with Gasteiger partial charge >= 0.3 is 0 Å². The van der Waals surface area contributed by atoms with E-state index in [0.29, 0.717) is 44.3 Å². The van der Waals surface area contributed by atoms with E-state index >= 15 is 0 Å². The molecule has 1 aromatic rings. The maximum Gasteiger partial charge on any atom is 0.196 e. The summed E-state index contributed by atoms with van der Waals surface area (Å²) in [6.07, 6.45) is 0. The molecule has 0 amide bonds. The molecule has 0 aliphatic carbocycles. The van der Waals surface area contributed by atoms with Crippen molar-refractivity contribution >= 4 is 5.78 Å². The van der Waals surface area contributed by atoms with Crippen molar-refractivity contribution < 1.29 is 28.8 Å². The number of Topliss-reactive ketones (excluding diaryl/α,β-unsaturated/α-hetero) is 1. The maximum atomic E-state index is 12.4. The van der Waals surface area contributed by atoms with Crippen LogP contribution in [0.5, 0.6) is 5.75 Å². The van der Waals surface area contributed by atoms with E-state index in [4.69, 9.17) is 18.9 Å². The van der Waals surface area contributed by atoms with Gasteiger partial charge in [-0.3, -0.25) is 4.79 Å². The molecule has 1 N–H and O–H groups in total. The number of carbonyl (C=O) groups is 1. The van der Waals surface area contributed by atoms with Crippen LogP contribution in [0.4, 0.5) is 0 Å². The molecule has 0 fully saturated rings. The van der Waals surface area contributed by atoms with Gasteiger partial charge in [0.2, 0.25) is 0 Å². The molecule has 1 unspecified atom stereocenters. The number of ether oxygens (including phenoxy) is 4. The van der Waals surface area contributed by atoms with Crippen molar-refractivity contribution in [3.8, 4) is 5.75 Å². The monoisotopic (exact) mass is 340 g/mol. The summed E-state index contributed by atoms with van der Waals surface area (Å²) in [5.74, 6) is 0.317. The van der Waals surface area contributed by atoms with E-state index in [2.05, 4.69) is 0 Å². The zero-order chi connectivity index (χ0) is 18.0. The molecule has 1 atom stereocenters. The minimum atomic E-state index is -1.59. The molecular weight excluding hydrogens is 312 g/mol. The molecule has 0 radical (unpaired) electrons. The third kappa shape index (κ3) is 6.57. The number of carbonyl (C=O) groups excluding carboxylic acids is 1. The molecule has 0 bridgehead atoms. The van der Waals surface area contributed by atoms with Crippen molar-refractivity contribution in [2.45, 2.75) is 26.4 Å². The Hall–Kier alpha value is -1.47. The molecule has 24 heavy (non-hydrogen) atoms. The predicted octanol–water partition coefficient (Wildman–Crippen LogP) is 2.01. The van der Waals surface area contributed by atoms with E-state index in [-0.39, 0.29) is 12.4 Å². The van der Waals surface area contributed by atoms with Gasteiger partial charge in [-0.2, -0.15) is 0 Å². The Morgan fingerprint density at radius 3 is 2.33 bits per heavy atom. The Balaban J connectivity index is 2.41. The first-order chi connectivity index (χ1) is 11.4. The largest absolute Gasteiger partial charge is 0.496 e. The van der Waals surface area contributed by atoms with Gasteiger partial charge in [-0.1, -0.05) is 0 Å². The third-order valence-electron chi connectivity index (χ3n) is 3.48. The molecule has 0 aromatic heterocycles. The average molecular weight is 340 g/mol. The topological polar surface area (TPSA) is 74.2 Å². The summed E-state index contributed by atoms with van der Waals surface area (Å²) in [6, 6.07) is 5.05. The second kappa shape index (κ2) is 10.4. The lowest BCUT2D eigenvalue weighted by Crippen LogP contribution is -2.40. The molecule has 0 aliphatic heterocycles. The highest BCUT2D eigenvalue weighted by molar-refractivity contribution is 6.02. The zero-order valence-electron chi connectivity index (χ0n) is 15.0. The van der Waals surface area contributed by atoms with Crippen LogP contribution in [-0.4, -0.2) is 63.2 Å². The van der Waals surface area contributed by atoms with Crippen molar-refractivity contribution in [1.29, 1.82) is 0 Å². The maximum absolute atomic E-state index is 12.4. The first kappa shape index (κ1) is 20.6. The van der Waals surface area contributed by atoms with E-state index in [9.17, 15) is 9.90 Å². The van der Waals surface area contributed by atoms with Crippen LogP contribution in [0.2, 0.25) is 0 Å². The van der Waals surface area contributed by atoms with Crippen LogP contribution in [0.25, 0.3) is 0 Å². The predicted molar refractivity (Wildman–Crippen MR) is 90.8 cm³/mol. The van der Waals surface area contributed by atoms with Gasteiger partial charge in [0.15, 0.2) is 5.78 Å². The van der Waals surface area contributed by atoms with Crippen LogP contribution >= 0.6 is 0 Å². The zero-order valence-corrected chi connectivity index (χ0v) is 15.0. The number of hydrogen-bond donors (Lipinski definition) is 1. The Morgan fingerprint density at radius 2 is 1.75 bits per heavy atom. The number of aryl methyl sites for hydroxylation is 1. The summed E-state index contributed by atoms with van der Waals surface area (Å²) in [4.78, 5) is 12.4. The number of rotatable bonds is 12. The Kier molecular flexibility index (Phi) is 8.92. The second-order valence-corrected chi connectivity index (χ2v) is 5.65. The fraction of sp³-hybridized carbons (Fsp3) is 0.611. The first-order valence-electron chi connectivity index (χ1n) is 8.07. The molecule has 6 heteroatoms. The second-order valence-electron chi connectivity index (χ2n) is 5.65. The number of ketones is 1. The van der Waals surface area contributed by atoms with E-state index < -0.39 is 5.60 Å². The van der Waals surface area contributed by atoms with E-state index in [1.54, 1.807) is 25.3 Å². The lowest BCUT2D eigenvalue weighted by Gasteiger charge is -2.22. The van der Waals surface area contributed by atoms with Crippen LogP contribution < -0.4 is 4.74 Å². The van der Waals surface area contributed by atoms with Gasteiger partial charge in [0.1, 0.15) is 11.4 Å². The van der Waals surface area contributed by atoms with Gasteiger partial charge in [0.25, 0.3) is 0 Å². The molecule has 0 saturated carbocycles. The van der Waals surface area contributed by atoms with Crippen LogP contribution in [0, 0.1) is 6.92 Å². The fourth-order valence-corrected chi connectivity index (χ4v) is 2.15. The van der Waals surface area contributed by atoms with Gasteiger partial charge in [-0.05, 0) is 44.5 Å². The van der Waals surface area contributed by atoms with Crippen molar-refractivity contribution in [2.75, 3.05) is 46.8 Å². The smallest absolute Gasteiger partial charge is 0.196 e. The van der Waals surface area contributed by atoms with Gasteiger partial charge in [0.05, 0.1) is 40.1 Å². The van der Waals surface area contributed by atoms with Crippen LogP contribution in [0.3, 0.4) is 0 Å². The van der Waals surface area contributed by atoms with Crippen molar-refractivity contribution in [3.05, 3.63) is 29.3 Å².